The maximum atomic E-state index is 11.6. The third-order valence-corrected chi connectivity index (χ3v) is 6.04. The van der Waals surface area contributed by atoms with E-state index in [0.29, 0.717) is 25.7 Å². The van der Waals surface area contributed by atoms with Gasteiger partial charge in [-0.2, -0.15) is 5.10 Å². The molecule has 1 N–H and O–H groups in total. The minimum atomic E-state index is -3.07. The molecular formula is C14H24N4O3S. The van der Waals surface area contributed by atoms with Crippen LogP contribution in [0.1, 0.15) is 30.1 Å². The van der Waals surface area contributed by atoms with Crippen LogP contribution in [-0.4, -0.2) is 73.0 Å². The number of rotatable bonds is 3. The second kappa shape index (κ2) is 6.27. The number of nitrogens with one attached hydrogen (secondary N) is 1. The van der Waals surface area contributed by atoms with E-state index in [2.05, 4.69) is 22.0 Å². The summed E-state index contributed by atoms with van der Waals surface area (Å²) < 4.78 is 30.5. The van der Waals surface area contributed by atoms with Gasteiger partial charge in [0.15, 0.2) is 0 Å². The smallest absolute Gasteiger partial charge is 0.211 e. The van der Waals surface area contributed by atoms with Crippen LogP contribution in [0.15, 0.2) is 6.20 Å². The van der Waals surface area contributed by atoms with Crippen molar-refractivity contribution in [3.05, 3.63) is 17.5 Å². The molecule has 2 aliphatic heterocycles. The van der Waals surface area contributed by atoms with E-state index in [9.17, 15) is 8.42 Å². The van der Waals surface area contributed by atoms with Crippen molar-refractivity contribution >= 4 is 10.0 Å². The van der Waals surface area contributed by atoms with E-state index in [0.717, 1.165) is 37.3 Å². The third-order valence-electron chi connectivity index (χ3n) is 4.73. The highest BCUT2D eigenvalue weighted by atomic mass is 32.2. The number of piperidine rings is 1. The number of aromatic amines is 1. The SMILES string of the molecule is Cc1cn[nH]c1C1COCCN1C1CCN(S(C)(=O)=O)CC1. The van der Waals surface area contributed by atoms with Crippen LogP contribution in [0.2, 0.25) is 0 Å². The number of hydrogen-bond acceptors (Lipinski definition) is 5. The van der Waals surface area contributed by atoms with Gasteiger partial charge >= 0.3 is 0 Å². The van der Waals surface area contributed by atoms with E-state index in [-0.39, 0.29) is 6.04 Å². The van der Waals surface area contributed by atoms with E-state index >= 15 is 0 Å². The fourth-order valence-electron chi connectivity index (χ4n) is 3.50. The van der Waals surface area contributed by atoms with Crippen molar-refractivity contribution in [2.24, 2.45) is 0 Å². The molecular weight excluding hydrogens is 304 g/mol. The molecule has 3 heterocycles. The second-order valence-corrected chi connectivity index (χ2v) is 8.17. The summed E-state index contributed by atoms with van der Waals surface area (Å²) in [6.45, 7) is 5.54. The standard InChI is InChI=1S/C14H24N4O3S/c1-11-9-15-16-14(11)13-10-21-8-7-18(13)12-3-5-17(6-4-12)22(2,19)20/h9,12-13H,3-8,10H2,1-2H3,(H,15,16). The number of H-pyrrole nitrogens is 1. The first-order chi connectivity index (χ1) is 10.5. The first-order valence-electron chi connectivity index (χ1n) is 7.75. The number of hydrogen-bond donors (Lipinski definition) is 1. The number of sulfonamides is 1. The first-order valence-corrected chi connectivity index (χ1v) is 9.60. The maximum Gasteiger partial charge on any atom is 0.211 e. The van der Waals surface area contributed by atoms with Crippen molar-refractivity contribution in [3.8, 4) is 0 Å². The minimum absolute atomic E-state index is 0.186. The molecule has 1 aromatic heterocycles. The van der Waals surface area contributed by atoms with E-state index < -0.39 is 10.0 Å². The third kappa shape index (κ3) is 3.19. The molecule has 1 aromatic rings. The minimum Gasteiger partial charge on any atom is -0.378 e. The molecule has 2 fully saturated rings. The van der Waals surface area contributed by atoms with Gasteiger partial charge in [0.05, 0.1) is 37.4 Å². The summed E-state index contributed by atoms with van der Waals surface area (Å²) in [5, 5.41) is 7.23. The number of ether oxygens (including phenoxy) is 1. The van der Waals surface area contributed by atoms with Crippen LogP contribution in [0.5, 0.6) is 0 Å². The lowest BCUT2D eigenvalue weighted by atomic mass is 9.99. The Kier molecular flexibility index (Phi) is 4.54. The summed E-state index contributed by atoms with van der Waals surface area (Å²) in [6, 6.07) is 0.584. The molecule has 7 nitrogen and oxygen atoms in total. The first kappa shape index (κ1) is 15.9. The summed E-state index contributed by atoms with van der Waals surface area (Å²) in [5.74, 6) is 0. The van der Waals surface area contributed by atoms with E-state index in [4.69, 9.17) is 4.74 Å². The average molecular weight is 328 g/mol. The number of nitrogens with zero attached hydrogens (tertiary/aromatic N) is 3. The Morgan fingerprint density at radius 2 is 2.05 bits per heavy atom. The summed E-state index contributed by atoms with van der Waals surface area (Å²) in [5.41, 5.74) is 2.26. The lowest BCUT2D eigenvalue weighted by Crippen LogP contribution is -2.51. The quantitative estimate of drug-likeness (QED) is 0.875. The molecule has 0 aromatic carbocycles. The van der Waals surface area contributed by atoms with Crippen molar-refractivity contribution in [1.29, 1.82) is 0 Å². The molecule has 0 amide bonds. The topological polar surface area (TPSA) is 78.5 Å². The van der Waals surface area contributed by atoms with Crippen molar-refractivity contribution < 1.29 is 13.2 Å². The molecule has 22 heavy (non-hydrogen) atoms. The summed E-state index contributed by atoms with van der Waals surface area (Å²) in [4.78, 5) is 2.46. The van der Waals surface area contributed by atoms with Gasteiger partial charge in [0, 0.05) is 25.7 Å². The zero-order chi connectivity index (χ0) is 15.7. The predicted octanol–water partition coefficient (Wildman–Crippen LogP) is 0.515. The van der Waals surface area contributed by atoms with Gasteiger partial charge in [-0.25, -0.2) is 12.7 Å². The molecule has 8 heteroatoms. The largest absolute Gasteiger partial charge is 0.378 e. The Morgan fingerprint density at radius 3 is 2.64 bits per heavy atom. The fourth-order valence-corrected chi connectivity index (χ4v) is 4.38. The van der Waals surface area contributed by atoms with E-state index in [1.54, 1.807) is 4.31 Å². The lowest BCUT2D eigenvalue weighted by Gasteiger charge is -2.43. The molecule has 0 aliphatic carbocycles. The zero-order valence-electron chi connectivity index (χ0n) is 13.2. The van der Waals surface area contributed by atoms with Crippen molar-refractivity contribution in [1.82, 2.24) is 19.4 Å². The number of aromatic nitrogens is 2. The molecule has 1 unspecified atom stereocenters. The predicted molar refractivity (Wildman–Crippen MR) is 83.0 cm³/mol. The van der Waals surface area contributed by atoms with E-state index in [1.165, 1.54) is 6.26 Å². The molecule has 2 aliphatic rings. The molecule has 0 spiro atoms. The molecule has 1 atom stereocenters. The molecule has 124 valence electrons. The van der Waals surface area contributed by atoms with Crippen LogP contribution in [0.4, 0.5) is 0 Å². The van der Waals surface area contributed by atoms with Gasteiger partial charge in [-0.15, -0.1) is 0 Å². The monoisotopic (exact) mass is 328 g/mol. The van der Waals surface area contributed by atoms with E-state index in [1.807, 2.05) is 6.20 Å². The number of aryl methyl sites for hydroxylation is 1. The molecule has 0 bridgehead atoms. The molecule has 3 rings (SSSR count). The van der Waals surface area contributed by atoms with Crippen molar-refractivity contribution in [3.63, 3.8) is 0 Å². The van der Waals surface area contributed by atoms with Gasteiger partial charge in [-0.1, -0.05) is 0 Å². The van der Waals surface area contributed by atoms with Crippen molar-refractivity contribution in [2.75, 3.05) is 39.1 Å². The molecule has 0 radical (unpaired) electrons. The normalized spacial score (nSPS) is 26.4. The number of morpholine rings is 1. The fraction of sp³-hybridized carbons (Fsp3) is 0.786. The molecule has 0 saturated carbocycles. The van der Waals surface area contributed by atoms with Crippen LogP contribution in [0.25, 0.3) is 0 Å². The van der Waals surface area contributed by atoms with Gasteiger partial charge in [-0.3, -0.25) is 10.00 Å². The maximum absolute atomic E-state index is 11.6. The lowest BCUT2D eigenvalue weighted by molar-refractivity contribution is -0.0407. The van der Waals surface area contributed by atoms with Gasteiger partial charge in [0.1, 0.15) is 0 Å². The zero-order valence-corrected chi connectivity index (χ0v) is 14.0. The Balaban J connectivity index is 1.72. The summed E-state index contributed by atoms with van der Waals surface area (Å²) >= 11 is 0. The highest BCUT2D eigenvalue weighted by molar-refractivity contribution is 7.88. The molecule has 2 saturated heterocycles. The van der Waals surface area contributed by atoms with Crippen LogP contribution in [0.3, 0.4) is 0 Å². The van der Waals surface area contributed by atoms with Gasteiger partial charge in [-0.05, 0) is 25.3 Å². The van der Waals surface area contributed by atoms with Gasteiger partial charge in [0.2, 0.25) is 10.0 Å². The Bertz CT molecular complexity index is 607. The van der Waals surface area contributed by atoms with Crippen LogP contribution >= 0.6 is 0 Å². The highest BCUT2D eigenvalue weighted by Gasteiger charge is 2.35. The second-order valence-electron chi connectivity index (χ2n) is 6.19. The summed E-state index contributed by atoms with van der Waals surface area (Å²) in [7, 11) is -3.07. The average Bonchev–Trinajstić information content (AvgIpc) is 2.92. The van der Waals surface area contributed by atoms with Crippen LogP contribution in [0, 0.1) is 6.92 Å². The van der Waals surface area contributed by atoms with Crippen molar-refractivity contribution in [2.45, 2.75) is 31.8 Å². The highest BCUT2D eigenvalue weighted by Crippen LogP contribution is 2.30. The Hall–Kier alpha value is -0.960. The Morgan fingerprint density at radius 1 is 1.32 bits per heavy atom. The summed E-state index contributed by atoms with van der Waals surface area (Å²) in [6.07, 6.45) is 4.88. The van der Waals surface area contributed by atoms with Gasteiger partial charge < -0.3 is 4.74 Å². The van der Waals surface area contributed by atoms with Gasteiger partial charge in [0.25, 0.3) is 0 Å². The Labute approximate surface area is 131 Å². The van der Waals surface area contributed by atoms with Crippen LogP contribution < -0.4 is 0 Å². The van der Waals surface area contributed by atoms with Crippen LogP contribution in [-0.2, 0) is 14.8 Å².